The minimum atomic E-state index is -0.0856. The summed E-state index contributed by atoms with van der Waals surface area (Å²) in [5.41, 5.74) is 1.59. The van der Waals surface area contributed by atoms with E-state index in [0.29, 0.717) is 36.4 Å². The zero-order chi connectivity index (χ0) is 21.5. The van der Waals surface area contributed by atoms with Gasteiger partial charge in [-0.15, -0.1) is 24.0 Å². The number of rotatable bonds is 6. The summed E-state index contributed by atoms with van der Waals surface area (Å²) in [6, 6.07) is 5.64. The Hall–Kier alpha value is -1.55. The first kappa shape index (κ1) is 25.7. The van der Waals surface area contributed by atoms with Crippen LogP contribution in [0.3, 0.4) is 0 Å². The third-order valence-corrected chi connectivity index (χ3v) is 6.36. The molecule has 1 aliphatic heterocycles. The molecule has 3 N–H and O–H groups in total. The van der Waals surface area contributed by atoms with Crippen LogP contribution in [0.5, 0.6) is 0 Å². The molecule has 0 aromatic heterocycles. The highest BCUT2D eigenvalue weighted by Crippen LogP contribution is 2.28. The van der Waals surface area contributed by atoms with E-state index in [1.165, 1.54) is 12.8 Å². The maximum Gasteiger partial charge on any atom is 0.226 e. The fourth-order valence-electron chi connectivity index (χ4n) is 4.15. The summed E-state index contributed by atoms with van der Waals surface area (Å²) in [5, 5.41) is 10.1. The molecule has 31 heavy (non-hydrogen) atoms. The minimum absolute atomic E-state index is 0. The topological polar surface area (TPSA) is 85.8 Å². The van der Waals surface area contributed by atoms with Crippen LogP contribution in [0.1, 0.15) is 44.1 Å². The fourth-order valence-corrected chi connectivity index (χ4v) is 4.32. The second kappa shape index (κ2) is 12.5. The molecule has 9 heteroatoms. The van der Waals surface area contributed by atoms with Crippen LogP contribution in [0.25, 0.3) is 0 Å². The Bertz CT molecular complexity index is 798. The molecule has 1 aromatic carbocycles. The fraction of sp³-hybridized carbons (Fsp3) is 0.591. The maximum absolute atomic E-state index is 12.6. The number of benzene rings is 1. The third-order valence-electron chi connectivity index (χ3n) is 5.96. The van der Waals surface area contributed by atoms with Crippen LogP contribution in [0.15, 0.2) is 23.2 Å². The van der Waals surface area contributed by atoms with Crippen LogP contribution < -0.4 is 16.0 Å². The van der Waals surface area contributed by atoms with Gasteiger partial charge in [0, 0.05) is 55.8 Å². The van der Waals surface area contributed by atoms with Gasteiger partial charge in [-0.25, -0.2) is 0 Å². The summed E-state index contributed by atoms with van der Waals surface area (Å²) >= 11 is 6.10. The van der Waals surface area contributed by atoms with E-state index in [1.807, 2.05) is 24.0 Å². The van der Waals surface area contributed by atoms with Gasteiger partial charge in [-0.1, -0.05) is 30.5 Å². The molecule has 7 nitrogen and oxygen atoms in total. The van der Waals surface area contributed by atoms with Crippen molar-refractivity contribution in [2.45, 2.75) is 51.5 Å². The van der Waals surface area contributed by atoms with Gasteiger partial charge in [-0.05, 0) is 43.9 Å². The van der Waals surface area contributed by atoms with E-state index in [4.69, 9.17) is 11.6 Å². The van der Waals surface area contributed by atoms with Gasteiger partial charge in [-0.3, -0.25) is 14.6 Å². The van der Waals surface area contributed by atoms with E-state index in [2.05, 4.69) is 20.9 Å². The number of hydrogen-bond donors (Lipinski definition) is 3. The molecule has 0 radical (unpaired) electrons. The predicted molar refractivity (Wildman–Crippen MR) is 136 cm³/mol. The summed E-state index contributed by atoms with van der Waals surface area (Å²) in [6.07, 6.45) is 5.64. The lowest BCUT2D eigenvalue weighted by molar-refractivity contribution is -0.134. The van der Waals surface area contributed by atoms with Crippen LogP contribution in [0.2, 0.25) is 5.02 Å². The SMILES string of the molecule is CN=C(NCCC(=O)Nc1cccc(Cl)c1C)NC1CCN(C(=O)C2CCCC2)C1.I. The van der Waals surface area contributed by atoms with E-state index >= 15 is 0 Å². The smallest absolute Gasteiger partial charge is 0.226 e. The van der Waals surface area contributed by atoms with Crippen molar-refractivity contribution in [3.63, 3.8) is 0 Å². The van der Waals surface area contributed by atoms with E-state index in [1.54, 1.807) is 13.1 Å². The third kappa shape index (κ3) is 7.24. The molecule has 1 aromatic rings. The number of anilines is 1. The van der Waals surface area contributed by atoms with Gasteiger partial charge in [0.15, 0.2) is 5.96 Å². The Kier molecular flexibility index (Phi) is 10.3. The predicted octanol–water partition coefficient (Wildman–Crippen LogP) is 3.55. The van der Waals surface area contributed by atoms with Crippen molar-refractivity contribution in [2.24, 2.45) is 10.9 Å². The molecule has 2 fully saturated rings. The molecule has 1 saturated carbocycles. The molecule has 3 rings (SSSR count). The van der Waals surface area contributed by atoms with Gasteiger partial charge < -0.3 is 20.9 Å². The Labute approximate surface area is 206 Å². The normalized spacial score (nSPS) is 19.1. The second-order valence-corrected chi connectivity index (χ2v) is 8.51. The number of guanidine groups is 1. The first-order valence-electron chi connectivity index (χ1n) is 10.8. The zero-order valence-corrected chi connectivity index (χ0v) is 21.3. The Morgan fingerprint density at radius 1 is 1.23 bits per heavy atom. The van der Waals surface area contributed by atoms with Gasteiger partial charge in [0.25, 0.3) is 0 Å². The highest BCUT2D eigenvalue weighted by atomic mass is 127. The number of carbonyl (C=O) groups excluding carboxylic acids is 2. The molecule has 0 bridgehead atoms. The molecule has 1 saturated heterocycles. The molecule has 1 unspecified atom stereocenters. The monoisotopic (exact) mass is 561 g/mol. The van der Waals surface area contributed by atoms with Crippen molar-refractivity contribution in [3.05, 3.63) is 28.8 Å². The minimum Gasteiger partial charge on any atom is -0.356 e. The van der Waals surface area contributed by atoms with Crippen LogP contribution in [-0.2, 0) is 9.59 Å². The number of carbonyl (C=O) groups is 2. The number of nitrogens with zero attached hydrogens (tertiary/aromatic N) is 2. The maximum atomic E-state index is 12.6. The van der Waals surface area contributed by atoms with Crippen molar-refractivity contribution >= 4 is 59.0 Å². The lowest BCUT2D eigenvalue weighted by Crippen LogP contribution is -2.46. The van der Waals surface area contributed by atoms with Crippen molar-refractivity contribution in [2.75, 3.05) is 32.0 Å². The molecule has 2 aliphatic rings. The largest absolute Gasteiger partial charge is 0.356 e. The quantitative estimate of drug-likeness (QED) is 0.282. The highest BCUT2D eigenvalue weighted by Gasteiger charge is 2.32. The summed E-state index contributed by atoms with van der Waals surface area (Å²) in [5.74, 6) is 1.11. The first-order chi connectivity index (χ1) is 14.5. The first-order valence-corrected chi connectivity index (χ1v) is 11.2. The lowest BCUT2D eigenvalue weighted by Gasteiger charge is -2.21. The molecule has 2 amide bonds. The summed E-state index contributed by atoms with van der Waals surface area (Å²) in [4.78, 5) is 31.1. The van der Waals surface area contributed by atoms with Crippen LogP contribution in [-0.4, -0.2) is 55.4 Å². The molecule has 0 spiro atoms. The molecule has 1 aliphatic carbocycles. The van der Waals surface area contributed by atoms with E-state index in [9.17, 15) is 9.59 Å². The molecule has 1 heterocycles. The van der Waals surface area contributed by atoms with E-state index < -0.39 is 0 Å². The average molecular weight is 562 g/mol. The molecular weight excluding hydrogens is 529 g/mol. The summed E-state index contributed by atoms with van der Waals surface area (Å²) in [6.45, 7) is 3.85. The van der Waals surface area contributed by atoms with Gasteiger partial charge in [0.2, 0.25) is 11.8 Å². The van der Waals surface area contributed by atoms with Gasteiger partial charge in [-0.2, -0.15) is 0 Å². The zero-order valence-electron chi connectivity index (χ0n) is 18.2. The van der Waals surface area contributed by atoms with Crippen LogP contribution >= 0.6 is 35.6 Å². The standard InChI is InChI=1S/C22H32ClN5O2.HI/c1-15-18(23)8-5-9-19(15)27-20(29)10-12-25-22(24-2)26-17-11-13-28(14-17)21(30)16-6-3-4-7-16;/h5,8-9,16-17H,3-4,6-7,10-14H2,1-2H3,(H,27,29)(H2,24,25,26);1H. The van der Waals surface area contributed by atoms with E-state index in [0.717, 1.165) is 37.1 Å². The molecular formula is C22H33ClIN5O2. The number of hydrogen-bond acceptors (Lipinski definition) is 3. The van der Waals surface area contributed by atoms with Crippen molar-refractivity contribution < 1.29 is 9.59 Å². The van der Waals surface area contributed by atoms with Crippen molar-refractivity contribution in [1.82, 2.24) is 15.5 Å². The number of aliphatic imine (C=N–C) groups is 1. The Balaban J connectivity index is 0.00000341. The van der Waals surface area contributed by atoms with Gasteiger partial charge >= 0.3 is 0 Å². The molecule has 172 valence electrons. The number of nitrogens with one attached hydrogen (secondary N) is 3. The Morgan fingerprint density at radius 3 is 2.68 bits per heavy atom. The van der Waals surface area contributed by atoms with E-state index in [-0.39, 0.29) is 41.8 Å². The van der Waals surface area contributed by atoms with Gasteiger partial charge in [0.1, 0.15) is 0 Å². The number of halogens is 2. The summed E-state index contributed by atoms with van der Waals surface area (Å²) < 4.78 is 0. The van der Waals surface area contributed by atoms with Crippen LogP contribution in [0, 0.1) is 12.8 Å². The highest BCUT2D eigenvalue weighted by molar-refractivity contribution is 14.0. The number of likely N-dealkylation sites (tertiary alicyclic amines) is 1. The number of amides is 2. The van der Waals surface area contributed by atoms with Gasteiger partial charge in [0.05, 0.1) is 0 Å². The lowest BCUT2D eigenvalue weighted by atomic mass is 10.1. The second-order valence-electron chi connectivity index (χ2n) is 8.11. The van der Waals surface area contributed by atoms with Crippen LogP contribution in [0.4, 0.5) is 5.69 Å². The average Bonchev–Trinajstić information content (AvgIpc) is 3.42. The van der Waals surface area contributed by atoms with Crippen molar-refractivity contribution in [3.8, 4) is 0 Å². The Morgan fingerprint density at radius 2 is 1.97 bits per heavy atom. The summed E-state index contributed by atoms with van der Waals surface area (Å²) in [7, 11) is 1.71. The molecule has 1 atom stereocenters. The van der Waals surface area contributed by atoms with Crippen molar-refractivity contribution in [1.29, 1.82) is 0 Å².